The lowest BCUT2D eigenvalue weighted by Gasteiger charge is -2.35. The van der Waals surface area contributed by atoms with Crippen LogP contribution in [-0.4, -0.2) is 36.6 Å². The standard InChI is InChI=1S/C19H24N4O/c1-14(2)22-19(24)16-8-9-21-18(12-16)23-11-10-20-17(13-23)15-6-4-3-5-7-15/h3-9,12,14,17,20H,10-11,13H2,1-2H3,(H,22,24)/t17-/m0/s1. The minimum atomic E-state index is -0.0524. The van der Waals surface area contributed by atoms with Gasteiger partial charge in [0.2, 0.25) is 0 Å². The highest BCUT2D eigenvalue weighted by Crippen LogP contribution is 2.21. The monoisotopic (exact) mass is 324 g/mol. The fourth-order valence-electron chi connectivity index (χ4n) is 2.94. The highest BCUT2D eigenvalue weighted by molar-refractivity contribution is 5.94. The van der Waals surface area contributed by atoms with Crippen molar-refractivity contribution in [3.05, 3.63) is 59.8 Å². The van der Waals surface area contributed by atoms with E-state index in [9.17, 15) is 4.79 Å². The number of nitrogens with one attached hydrogen (secondary N) is 2. The number of anilines is 1. The Morgan fingerprint density at radius 1 is 1.29 bits per heavy atom. The maximum Gasteiger partial charge on any atom is 0.251 e. The Bertz CT molecular complexity index is 687. The largest absolute Gasteiger partial charge is 0.353 e. The summed E-state index contributed by atoms with van der Waals surface area (Å²) in [6.45, 7) is 6.53. The van der Waals surface area contributed by atoms with Gasteiger partial charge < -0.3 is 15.5 Å². The van der Waals surface area contributed by atoms with Gasteiger partial charge in [0.25, 0.3) is 5.91 Å². The number of rotatable bonds is 4. The van der Waals surface area contributed by atoms with Gasteiger partial charge in [0.1, 0.15) is 5.82 Å². The number of hydrogen-bond acceptors (Lipinski definition) is 4. The molecule has 1 aromatic carbocycles. The van der Waals surface area contributed by atoms with Crippen molar-refractivity contribution in [3.8, 4) is 0 Å². The fourth-order valence-corrected chi connectivity index (χ4v) is 2.94. The van der Waals surface area contributed by atoms with Crippen LogP contribution in [0.5, 0.6) is 0 Å². The average Bonchev–Trinajstić information content (AvgIpc) is 2.62. The molecule has 1 amide bonds. The van der Waals surface area contributed by atoms with E-state index < -0.39 is 0 Å². The number of pyridine rings is 1. The molecule has 1 aliphatic heterocycles. The molecule has 0 radical (unpaired) electrons. The van der Waals surface area contributed by atoms with Crippen molar-refractivity contribution in [2.24, 2.45) is 0 Å². The second-order valence-electron chi connectivity index (χ2n) is 6.39. The van der Waals surface area contributed by atoms with E-state index in [1.165, 1.54) is 5.56 Å². The summed E-state index contributed by atoms with van der Waals surface area (Å²) in [5.41, 5.74) is 1.93. The summed E-state index contributed by atoms with van der Waals surface area (Å²) >= 11 is 0. The molecule has 1 atom stereocenters. The van der Waals surface area contributed by atoms with E-state index in [1.54, 1.807) is 12.3 Å². The quantitative estimate of drug-likeness (QED) is 0.906. The number of amides is 1. The molecule has 5 nitrogen and oxygen atoms in total. The second kappa shape index (κ2) is 7.45. The highest BCUT2D eigenvalue weighted by atomic mass is 16.1. The smallest absolute Gasteiger partial charge is 0.251 e. The third-order valence-electron chi connectivity index (χ3n) is 4.13. The Kier molecular flexibility index (Phi) is 5.11. The highest BCUT2D eigenvalue weighted by Gasteiger charge is 2.22. The molecule has 2 N–H and O–H groups in total. The third kappa shape index (κ3) is 3.92. The van der Waals surface area contributed by atoms with Crippen molar-refractivity contribution >= 4 is 11.7 Å². The van der Waals surface area contributed by atoms with Crippen molar-refractivity contribution in [1.29, 1.82) is 0 Å². The second-order valence-corrected chi connectivity index (χ2v) is 6.39. The predicted molar refractivity (Wildman–Crippen MR) is 96.2 cm³/mol. The lowest BCUT2D eigenvalue weighted by atomic mass is 10.0. The minimum absolute atomic E-state index is 0.0524. The Morgan fingerprint density at radius 3 is 2.83 bits per heavy atom. The summed E-state index contributed by atoms with van der Waals surface area (Å²) in [5.74, 6) is 0.803. The van der Waals surface area contributed by atoms with Crippen LogP contribution in [0.4, 0.5) is 5.82 Å². The summed E-state index contributed by atoms with van der Waals surface area (Å²) in [5, 5.41) is 6.48. The summed E-state index contributed by atoms with van der Waals surface area (Å²) in [6, 6.07) is 14.5. The van der Waals surface area contributed by atoms with Gasteiger partial charge in [0.05, 0.1) is 0 Å². The summed E-state index contributed by atoms with van der Waals surface area (Å²) < 4.78 is 0. The van der Waals surface area contributed by atoms with Crippen LogP contribution in [0.1, 0.15) is 35.8 Å². The summed E-state index contributed by atoms with van der Waals surface area (Å²) in [4.78, 5) is 18.9. The number of benzene rings is 1. The molecule has 126 valence electrons. The summed E-state index contributed by atoms with van der Waals surface area (Å²) in [6.07, 6.45) is 1.71. The van der Waals surface area contributed by atoms with E-state index in [0.29, 0.717) is 5.56 Å². The van der Waals surface area contributed by atoms with Crippen molar-refractivity contribution in [2.45, 2.75) is 25.9 Å². The first-order chi connectivity index (χ1) is 11.6. The zero-order valence-corrected chi connectivity index (χ0v) is 14.2. The average molecular weight is 324 g/mol. The van der Waals surface area contributed by atoms with Gasteiger partial charge in [0, 0.05) is 43.5 Å². The molecule has 2 heterocycles. The minimum Gasteiger partial charge on any atom is -0.353 e. The topological polar surface area (TPSA) is 57.3 Å². The van der Waals surface area contributed by atoms with Crippen LogP contribution in [0.2, 0.25) is 0 Å². The number of carbonyl (C=O) groups is 1. The van der Waals surface area contributed by atoms with Crippen LogP contribution in [0.15, 0.2) is 48.7 Å². The third-order valence-corrected chi connectivity index (χ3v) is 4.13. The first kappa shape index (κ1) is 16.5. The van der Waals surface area contributed by atoms with E-state index in [-0.39, 0.29) is 18.0 Å². The van der Waals surface area contributed by atoms with E-state index in [0.717, 1.165) is 25.5 Å². The Morgan fingerprint density at radius 2 is 2.08 bits per heavy atom. The molecule has 2 aromatic rings. The predicted octanol–water partition coefficient (Wildman–Crippen LogP) is 2.37. The molecular formula is C19H24N4O. The van der Waals surface area contributed by atoms with E-state index >= 15 is 0 Å². The number of hydrogen-bond donors (Lipinski definition) is 2. The van der Waals surface area contributed by atoms with Crippen LogP contribution in [0, 0.1) is 0 Å². The van der Waals surface area contributed by atoms with E-state index in [2.05, 4.69) is 44.8 Å². The molecule has 1 saturated heterocycles. The van der Waals surface area contributed by atoms with Crippen molar-refractivity contribution in [1.82, 2.24) is 15.6 Å². The molecule has 0 spiro atoms. The molecule has 24 heavy (non-hydrogen) atoms. The lowest BCUT2D eigenvalue weighted by Crippen LogP contribution is -2.46. The molecule has 3 rings (SSSR count). The van der Waals surface area contributed by atoms with Gasteiger partial charge >= 0.3 is 0 Å². The van der Waals surface area contributed by atoms with Crippen molar-refractivity contribution in [3.63, 3.8) is 0 Å². The Labute approximate surface area is 143 Å². The number of aromatic nitrogens is 1. The van der Waals surface area contributed by atoms with Gasteiger partial charge in [-0.2, -0.15) is 0 Å². The molecule has 0 bridgehead atoms. The number of carbonyl (C=O) groups excluding carboxylic acids is 1. The first-order valence-electron chi connectivity index (χ1n) is 8.43. The summed E-state index contributed by atoms with van der Waals surface area (Å²) in [7, 11) is 0. The molecule has 1 fully saturated rings. The van der Waals surface area contributed by atoms with Gasteiger partial charge in [-0.3, -0.25) is 4.79 Å². The van der Waals surface area contributed by atoms with Crippen molar-refractivity contribution < 1.29 is 4.79 Å². The van der Waals surface area contributed by atoms with Gasteiger partial charge in [-0.1, -0.05) is 30.3 Å². The normalized spacial score (nSPS) is 17.8. The van der Waals surface area contributed by atoms with Gasteiger partial charge in [-0.15, -0.1) is 0 Å². The molecule has 0 aliphatic carbocycles. The molecule has 0 saturated carbocycles. The van der Waals surface area contributed by atoms with Gasteiger partial charge in [-0.25, -0.2) is 4.98 Å². The molecule has 1 aromatic heterocycles. The van der Waals surface area contributed by atoms with E-state index in [4.69, 9.17) is 0 Å². The Balaban J connectivity index is 1.75. The van der Waals surface area contributed by atoms with Crippen molar-refractivity contribution in [2.75, 3.05) is 24.5 Å². The molecule has 0 unspecified atom stereocenters. The number of nitrogens with zero attached hydrogens (tertiary/aromatic N) is 2. The zero-order chi connectivity index (χ0) is 16.9. The van der Waals surface area contributed by atoms with Crippen LogP contribution >= 0.6 is 0 Å². The van der Waals surface area contributed by atoms with Crippen LogP contribution in [0.25, 0.3) is 0 Å². The lowest BCUT2D eigenvalue weighted by molar-refractivity contribution is 0.0943. The Hall–Kier alpha value is -2.40. The van der Waals surface area contributed by atoms with Crippen LogP contribution < -0.4 is 15.5 Å². The SMILES string of the molecule is CC(C)NC(=O)c1ccnc(N2CCN[C@H](c3ccccc3)C2)c1. The van der Waals surface area contributed by atoms with Crippen LogP contribution in [-0.2, 0) is 0 Å². The molecule has 5 heteroatoms. The first-order valence-corrected chi connectivity index (χ1v) is 8.43. The zero-order valence-electron chi connectivity index (χ0n) is 14.2. The molecule has 1 aliphatic rings. The maximum absolute atomic E-state index is 12.2. The van der Waals surface area contributed by atoms with Gasteiger partial charge in [-0.05, 0) is 31.5 Å². The van der Waals surface area contributed by atoms with Gasteiger partial charge in [0.15, 0.2) is 0 Å². The maximum atomic E-state index is 12.2. The fraction of sp³-hybridized carbons (Fsp3) is 0.368. The van der Waals surface area contributed by atoms with E-state index in [1.807, 2.05) is 26.0 Å². The van der Waals surface area contributed by atoms with Crippen LogP contribution in [0.3, 0.4) is 0 Å². The molecular weight excluding hydrogens is 300 g/mol. The number of piperazine rings is 1.